The number of Topliss-reactive ketones (excluding diaryl/α,β-unsaturated/α-hetero) is 1. The van der Waals surface area contributed by atoms with Crippen molar-refractivity contribution in [2.75, 3.05) is 0 Å². The van der Waals surface area contributed by atoms with Gasteiger partial charge in [-0.1, -0.05) is 57.9 Å². The van der Waals surface area contributed by atoms with E-state index >= 15 is 0 Å². The quantitative estimate of drug-likeness (QED) is 0.454. The van der Waals surface area contributed by atoms with Gasteiger partial charge in [-0.15, -0.1) is 0 Å². The molecule has 0 radical (unpaired) electrons. The molecule has 0 spiro atoms. The highest BCUT2D eigenvalue weighted by molar-refractivity contribution is 9.10. The Morgan fingerprint density at radius 3 is 2.68 bits per heavy atom. The number of ketones is 1. The first kappa shape index (κ1) is 18.5. The standard InChI is InChI=1S/C24H19BrO3/c1-15-7-8-16(2)18(11-15)14-27-19-9-10-20-22(13-19)28-23(24(20)26)12-17-5-3-4-6-21(17)25/h3-13H,14H2,1-2H3/b23-12-. The van der Waals surface area contributed by atoms with Gasteiger partial charge in [0, 0.05) is 10.5 Å². The number of benzene rings is 3. The molecule has 4 rings (SSSR count). The van der Waals surface area contributed by atoms with E-state index in [4.69, 9.17) is 9.47 Å². The Labute approximate surface area is 172 Å². The maximum absolute atomic E-state index is 12.6. The van der Waals surface area contributed by atoms with E-state index in [1.54, 1.807) is 18.2 Å². The van der Waals surface area contributed by atoms with Crippen molar-refractivity contribution in [2.24, 2.45) is 0 Å². The molecule has 0 atom stereocenters. The van der Waals surface area contributed by atoms with Gasteiger partial charge >= 0.3 is 0 Å². The van der Waals surface area contributed by atoms with E-state index in [-0.39, 0.29) is 5.78 Å². The summed E-state index contributed by atoms with van der Waals surface area (Å²) in [5.41, 5.74) is 4.99. The molecule has 0 bridgehead atoms. The summed E-state index contributed by atoms with van der Waals surface area (Å²) < 4.78 is 12.7. The maximum atomic E-state index is 12.6. The van der Waals surface area contributed by atoms with Crippen molar-refractivity contribution in [3.63, 3.8) is 0 Å². The van der Waals surface area contributed by atoms with E-state index in [0.29, 0.717) is 29.4 Å². The van der Waals surface area contributed by atoms with Gasteiger partial charge in [-0.3, -0.25) is 4.79 Å². The van der Waals surface area contributed by atoms with E-state index in [1.807, 2.05) is 30.3 Å². The molecule has 0 saturated heterocycles. The average Bonchev–Trinajstić information content (AvgIpc) is 2.99. The van der Waals surface area contributed by atoms with Crippen LogP contribution in [-0.4, -0.2) is 5.78 Å². The van der Waals surface area contributed by atoms with E-state index in [9.17, 15) is 4.79 Å². The minimum Gasteiger partial charge on any atom is -0.489 e. The zero-order chi connectivity index (χ0) is 19.7. The summed E-state index contributed by atoms with van der Waals surface area (Å²) in [7, 11) is 0. The third-order valence-corrected chi connectivity index (χ3v) is 5.45. The molecule has 0 aromatic heterocycles. The lowest BCUT2D eigenvalue weighted by Gasteiger charge is -2.10. The fourth-order valence-electron chi connectivity index (χ4n) is 3.11. The van der Waals surface area contributed by atoms with Crippen LogP contribution in [0.15, 0.2) is 70.9 Å². The fourth-order valence-corrected chi connectivity index (χ4v) is 3.51. The molecule has 0 N–H and O–H groups in total. The lowest BCUT2D eigenvalue weighted by atomic mass is 10.1. The predicted octanol–water partition coefficient (Wildman–Crippen LogP) is 6.26. The summed E-state index contributed by atoms with van der Waals surface area (Å²) in [6.07, 6.45) is 1.75. The van der Waals surface area contributed by atoms with Crippen LogP contribution in [0.4, 0.5) is 0 Å². The highest BCUT2D eigenvalue weighted by Gasteiger charge is 2.28. The topological polar surface area (TPSA) is 35.5 Å². The second-order valence-electron chi connectivity index (χ2n) is 6.84. The molecule has 0 amide bonds. The molecule has 3 aromatic rings. The van der Waals surface area contributed by atoms with Crippen LogP contribution in [0.5, 0.6) is 11.5 Å². The zero-order valence-corrected chi connectivity index (χ0v) is 17.2. The van der Waals surface area contributed by atoms with Gasteiger partial charge in [0.05, 0.1) is 5.56 Å². The summed E-state index contributed by atoms with van der Waals surface area (Å²) in [5.74, 6) is 1.40. The summed E-state index contributed by atoms with van der Waals surface area (Å²) in [5, 5.41) is 0. The molecular weight excluding hydrogens is 416 g/mol. The van der Waals surface area contributed by atoms with Crippen molar-refractivity contribution in [2.45, 2.75) is 20.5 Å². The smallest absolute Gasteiger partial charge is 0.231 e. The number of ether oxygens (including phenoxy) is 2. The summed E-state index contributed by atoms with van der Waals surface area (Å²) >= 11 is 3.49. The van der Waals surface area contributed by atoms with Gasteiger partial charge < -0.3 is 9.47 Å². The van der Waals surface area contributed by atoms with E-state index in [0.717, 1.165) is 15.6 Å². The molecule has 1 heterocycles. The van der Waals surface area contributed by atoms with Crippen molar-refractivity contribution >= 4 is 27.8 Å². The van der Waals surface area contributed by atoms with Gasteiger partial charge in [0.25, 0.3) is 0 Å². The molecule has 4 heteroatoms. The summed E-state index contributed by atoms with van der Waals surface area (Å²) in [4.78, 5) is 12.6. The molecule has 0 aliphatic carbocycles. The minimum absolute atomic E-state index is 0.119. The number of rotatable bonds is 4. The minimum atomic E-state index is -0.119. The van der Waals surface area contributed by atoms with Crippen molar-refractivity contribution in [3.05, 3.63) is 98.7 Å². The summed E-state index contributed by atoms with van der Waals surface area (Å²) in [6, 6.07) is 19.4. The van der Waals surface area contributed by atoms with Crippen molar-refractivity contribution in [1.29, 1.82) is 0 Å². The third-order valence-electron chi connectivity index (χ3n) is 4.73. The molecule has 0 unspecified atom stereocenters. The van der Waals surface area contributed by atoms with Crippen LogP contribution in [-0.2, 0) is 6.61 Å². The monoisotopic (exact) mass is 434 g/mol. The molecule has 3 nitrogen and oxygen atoms in total. The lowest BCUT2D eigenvalue weighted by Crippen LogP contribution is -1.99. The number of hydrogen-bond acceptors (Lipinski definition) is 3. The molecular formula is C24H19BrO3. The van der Waals surface area contributed by atoms with Gasteiger partial charge in [-0.25, -0.2) is 0 Å². The Morgan fingerprint density at radius 2 is 1.86 bits per heavy atom. The van der Waals surface area contributed by atoms with Crippen LogP contribution in [0.1, 0.15) is 32.6 Å². The molecule has 1 aliphatic rings. The second kappa shape index (κ2) is 7.64. The number of hydrogen-bond donors (Lipinski definition) is 0. The van der Waals surface area contributed by atoms with Gasteiger partial charge in [-0.05, 0) is 54.8 Å². The number of allylic oxidation sites excluding steroid dienone is 1. The number of carbonyl (C=O) groups is 1. The van der Waals surface area contributed by atoms with Gasteiger partial charge in [0.1, 0.15) is 18.1 Å². The van der Waals surface area contributed by atoms with E-state index in [2.05, 4.69) is 48.0 Å². The molecule has 140 valence electrons. The Bertz CT molecular complexity index is 1100. The lowest BCUT2D eigenvalue weighted by molar-refractivity contribution is 0.101. The third kappa shape index (κ3) is 3.73. The van der Waals surface area contributed by atoms with Crippen LogP contribution in [0.25, 0.3) is 6.08 Å². The van der Waals surface area contributed by atoms with Gasteiger partial charge in [0.15, 0.2) is 5.76 Å². The zero-order valence-electron chi connectivity index (χ0n) is 15.7. The number of halogens is 1. The van der Waals surface area contributed by atoms with E-state index < -0.39 is 0 Å². The van der Waals surface area contributed by atoms with Gasteiger partial charge in [-0.2, -0.15) is 0 Å². The van der Waals surface area contributed by atoms with Crippen LogP contribution < -0.4 is 9.47 Å². The largest absolute Gasteiger partial charge is 0.489 e. The first-order chi connectivity index (χ1) is 13.5. The van der Waals surface area contributed by atoms with Crippen LogP contribution in [0.3, 0.4) is 0 Å². The molecule has 28 heavy (non-hydrogen) atoms. The van der Waals surface area contributed by atoms with Crippen LogP contribution >= 0.6 is 15.9 Å². The highest BCUT2D eigenvalue weighted by atomic mass is 79.9. The Balaban J connectivity index is 1.54. The predicted molar refractivity (Wildman–Crippen MR) is 114 cm³/mol. The van der Waals surface area contributed by atoms with Crippen molar-refractivity contribution in [1.82, 2.24) is 0 Å². The van der Waals surface area contributed by atoms with Crippen LogP contribution in [0.2, 0.25) is 0 Å². The van der Waals surface area contributed by atoms with Crippen molar-refractivity contribution in [3.8, 4) is 11.5 Å². The van der Waals surface area contributed by atoms with E-state index in [1.165, 1.54) is 11.1 Å². The highest BCUT2D eigenvalue weighted by Crippen LogP contribution is 2.35. The summed E-state index contributed by atoms with van der Waals surface area (Å²) in [6.45, 7) is 4.61. The Morgan fingerprint density at radius 1 is 1.04 bits per heavy atom. The Hall–Kier alpha value is -2.85. The molecule has 0 fully saturated rings. The molecule has 0 saturated carbocycles. The first-order valence-electron chi connectivity index (χ1n) is 9.03. The number of aryl methyl sites for hydroxylation is 2. The maximum Gasteiger partial charge on any atom is 0.231 e. The number of fused-ring (bicyclic) bond motifs is 1. The fraction of sp³-hybridized carbons (Fsp3) is 0.125. The normalized spacial score (nSPS) is 14.1. The Kier molecular flexibility index (Phi) is 5.05. The van der Waals surface area contributed by atoms with Crippen LogP contribution in [0, 0.1) is 13.8 Å². The first-order valence-corrected chi connectivity index (χ1v) is 9.82. The number of carbonyl (C=O) groups excluding carboxylic acids is 1. The van der Waals surface area contributed by atoms with Crippen molar-refractivity contribution < 1.29 is 14.3 Å². The second-order valence-corrected chi connectivity index (χ2v) is 7.69. The molecule has 3 aromatic carbocycles. The molecule has 1 aliphatic heterocycles. The SMILES string of the molecule is Cc1ccc(C)c(COc2ccc3c(c2)O/C(=C\c2ccccc2Br)C3=O)c1. The van der Waals surface area contributed by atoms with Gasteiger partial charge in [0.2, 0.25) is 5.78 Å². The average molecular weight is 435 g/mol.